The van der Waals surface area contributed by atoms with E-state index in [1.54, 1.807) is 13.2 Å². The van der Waals surface area contributed by atoms with Gasteiger partial charge in [0.05, 0.1) is 7.11 Å². The van der Waals surface area contributed by atoms with Crippen LogP contribution in [-0.2, 0) is 6.54 Å². The number of benzene rings is 2. The highest BCUT2D eigenvalue weighted by molar-refractivity contribution is 5.56. The van der Waals surface area contributed by atoms with Crippen LogP contribution in [0.2, 0.25) is 0 Å². The van der Waals surface area contributed by atoms with Gasteiger partial charge >= 0.3 is 0 Å². The number of nitrogens with one attached hydrogen (secondary N) is 1. The van der Waals surface area contributed by atoms with E-state index in [9.17, 15) is 5.11 Å². The Bertz CT molecular complexity index is 670. The van der Waals surface area contributed by atoms with Crippen molar-refractivity contribution in [3.63, 3.8) is 0 Å². The molecule has 0 bridgehead atoms. The minimum atomic E-state index is 0.222. The van der Waals surface area contributed by atoms with E-state index in [0.29, 0.717) is 29.5 Å². The van der Waals surface area contributed by atoms with E-state index in [0.717, 1.165) is 16.8 Å². The summed E-state index contributed by atoms with van der Waals surface area (Å²) in [6, 6.07) is 9.28. The molecule has 2 aromatic carbocycles. The zero-order chi connectivity index (χ0) is 14.8. The number of aryl methyl sites for hydroxylation is 1. The Kier molecular flexibility index (Phi) is 3.48. The van der Waals surface area contributed by atoms with Gasteiger partial charge < -0.3 is 24.6 Å². The molecule has 0 fully saturated rings. The zero-order valence-corrected chi connectivity index (χ0v) is 12.0. The SMILES string of the molecule is COc1cc(CNc2ccc(O)c(C)c2)cc2c1OCO2. The molecule has 0 amide bonds. The van der Waals surface area contributed by atoms with Gasteiger partial charge in [-0.15, -0.1) is 0 Å². The van der Waals surface area contributed by atoms with Crippen LogP contribution in [0, 0.1) is 6.92 Å². The second-order valence-electron chi connectivity index (χ2n) is 4.89. The van der Waals surface area contributed by atoms with Crippen molar-refractivity contribution in [2.24, 2.45) is 0 Å². The maximum Gasteiger partial charge on any atom is 0.231 e. The Morgan fingerprint density at radius 1 is 1.24 bits per heavy atom. The van der Waals surface area contributed by atoms with Crippen molar-refractivity contribution in [1.29, 1.82) is 0 Å². The fraction of sp³-hybridized carbons (Fsp3) is 0.250. The maximum atomic E-state index is 9.53. The Balaban J connectivity index is 1.77. The fourth-order valence-electron chi connectivity index (χ4n) is 2.26. The predicted molar refractivity (Wildman–Crippen MR) is 79.3 cm³/mol. The van der Waals surface area contributed by atoms with Crippen LogP contribution >= 0.6 is 0 Å². The molecule has 2 N–H and O–H groups in total. The largest absolute Gasteiger partial charge is 0.508 e. The van der Waals surface area contributed by atoms with Gasteiger partial charge in [-0.2, -0.15) is 0 Å². The molecule has 1 heterocycles. The Morgan fingerprint density at radius 2 is 2.10 bits per heavy atom. The number of anilines is 1. The van der Waals surface area contributed by atoms with Crippen LogP contribution in [0.5, 0.6) is 23.0 Å². The van der Waals surface area contributed by atoms with Crippen LogP contribution in [-0.4, -0.2) is 19.0 Å². The Morgan fingerprint density at radius 3 is 2.86 bits per heavy atom. The van der Waals surface area contributed by atoms with Crippen molar-refractivity contribution in [3.05, 3.63) is 41.5 Å². The number of hydrogen-bond donors (Lipinski definition) is 2. The van der Waals surface area contributed by atoms with Gasteiger partial charge in [0.15, 0.2) is 11.5 Å². The smallest absolute Gasteiger partial charge is 0.231 e. The average Bonchev–Trinajstić information content (AvgIpc) is 2.96. The summed E-state index contributed by atoms with van der Waals surface area (Å²) in [4.78, 5) is 0. The lowest BCUT2D eigenvalue weighted by Gasteiger charge is -2.11. The molecule has 0 saturated heterocycles. The molecule has 0 aromatic heterocycles. The van der Waals surface area contributed by atoms with Crippen LogP contribution in [0.3, 0.4) is 0 Å². The summed E-state index contributed by atoms with van der Waals surface area (Å²) in [5.41, 5.74) is 2.81. The first-order chi connectivity index (χ1) is 10.2. The molecule has 3 rings (SSSR count). The van der Waals surface area contributed by atoms with Crippen molar-refractivity contribution in [1.82, 2.24) is 0 Å². The van der Waals surface area contributed by atoms with E-state index in [4.69, 9.17) is 14.2 Å². The van der Waals surface area contributed by atoms with E-state index in [1.807, 2.05) is 31.2 Å². The van der Waals surface area contributed by atoms with Crippen LogP contribution in [0.15, 0.2) is 30.3 Å². The van der Waals surface area contributed by atoms with Crippen LogP contribution in [0.1, 0.15) is 11.1 Å². The average molecular weight is 287 g/mol. The molecular formula is C16H17NO4. The summed E-state index contributed by atoms with van der Waals surface area (Å²) < 4.78 is 16.1. The topological polar surface area (TPSA) is 60.0 Å². The quantitative estimate of drug-likeness (QED) is 0.846. The number of fused-ring (bicyclic) bond motifs is 1. The molecule has 0 saturated carbocycles. The maximum absolute atomic E-state index is 9.53. The van der Waals surface area contributed by atoms with Crippen molar-refractivity contribution in [3.8, 4) is 23.0 Å². The van der Waals surface area contributed by atoms with Gasteiger partial charge in [0, 0.05) is 12.2 Å². The van der Waals surface area contributed by atoms with E-state index in [1.165, 1.54) is 0 Å². The van der Waals surface area contributed by atoms with Gasteiger partial charge in [-0.1, -0.05) is 0 Å². The molecule has 2 aromatic rings. The van der Waals surface area contributed by atoms with E-state index in [2.05, 4.69) is 5.32 Å². The second-order valence-corrected chi connectivity index (χ2v) is 4.89. The van der Waals surface area contributed by atoms with E-state index >= 15 is 0 Å². The summed E-state index contributed by atoms with van der Waals surface area (Å²) in [6.07, 6.45) is 0. The molecule has 1 aliphatic heterocycles. The van der Waals surface area contributed by atoms with Crippen molar-refractivity contribution in [2.45, 2.75) is 13.5 Å². The molecule has 0 aliphatic carbocycles. The fourth-order valence-corrected chi connectivity index (χ4v) is 2.26. The number of phenolic OH excluding ortho intramolecular Hbond substituents is 1. The van der Waals surface area contributed by atoms with Gasteiger partial charge in [0.2, 0.25) is 12.5 Å². The van der Waals surface area contributed by atoms with Gasteiger partial charge in [0.1, 0.15) is 5.75 Å². The van der Waals surface area contributed by atoms with Crippen LogP contribution in [0.25, 0.3) is 0 Å². The third kappa shape index (κ3) is 2.67. The number of hydrogen-bond acceptors (Lipinski definition) is 5. The highest BCUT2D eigenvalue weighted by Crippen LogP contribution is 2.41. The monoisotopic (exact) mass is 287 g/mol. The number of ether oxygens (including phenoxy) is 3. The van der Waals surface area contributed by atoms with Gasteiger partial charge in [0.25, 0.3) is 0 Å². The standard InChI is InChI=1S/C16H17NO4/c1-10-5-12(3-4-13(10)18)17-8-11-6-14(19-2)16-15(7-11)20-9-21-16/h3-7,17-18H,8-9H2,1-2H3. The minimum absolute atomic E-state index is 0.222. The molecule has 5 heteroatoms. The number of rotatable bonds is 4. The summed E-state index contributed by atoms with van der Waals surface area (Å²) in [5, 5.41) is 12.8. The van der Waals surface area contributed by atoms with E-state index in [-0.39, 0.29) is 6.79 Å². The molecule has 1 aliphatic rings. The first-order valence-corrected chi connectivity index (χ1v) is 6.67. The molecule has 0 atom stereocenters. The third-order valence-corrected chi connectivity index (χ3v) is 3.41. The zero-order valence-electron chi connectivity index (χ0n) is 12.0. The Labute approximate surface area is 123 Å². The van der Waals surface area contributed by atoms with Crippen LogP contribution < -0.4 is 19.5 Å². The first kappa shape index (κ1) is 13.4. The van der Waals surface area contributed by atoms with Gasteiger partial charge in [-0.3, -0.25) is 0 Å². The molecule has 0 unspecified atom stereocenters. The summed E-state index contributed by atoms with van der Waals surface area (Å²) >= 11 is 0. The molecule has 0 spiro atoms. The highest BCUT2D eigenvalue weighted by atomic mass is 16.7. The normalized spacial score (nSPS) is 12.3. The molecular weight excluding hydrogens is 270 g/mol. The van der Waals surface area contributed by atoms with E-state index < -0.39 is 0 Å². The van der Waals surface area contributed by atoms with Crippen molar-refractivity contribution < 1.29 is 19.3 Å². The van der Waals surface area contributed by atoms with Gasteiger partial charge in [-0.25, -0.2) is 0 Å². The summed E-state index contributed by atoms with van der Waals surface area (Å²) in [5.74, 6) is 2.32. The number of aromatic hydroxyl groups is 1. The minimum Gasteiger partial charge on any atom is -0.508 e. The molecule has 5 nitrogen and oxygen atoms in total. The second kappa shape index (κ2) is 5.44. The number of methoxy groups -OCH3 is 1. The molecule has 110 valence electrons. The highest BCUT2D eigenvalue weighted by Gasteiger charge is 2.19. The van der Waals surface area contributed by atoms with Crippen molar-refractivity contribution >= 4 is 5.69 Å². The van der Waals surface area contributed by atoms with Crippen molar-refractivity contribution in [2.75, 3.05) is 19.2 Å². The Hall–Kier alpha value is -2.56. The lowest BCUT2D eigenvalue weighted by atomic mass is 10.1. The summed E-state index contributed by atoms with van der Waals surface area (Å²) in [7, 11) is 1.61. The molecule has 0 radical (unpaired) electrons. The summed E-state index contributed by atoms with van der Waals surface area (Å²) in [6.45, 7) is 2.71. The molecule has 21 heavy (non-hydrogen) atoms. The third-order valence-electron chi connectivity index (χ3n) is 3.41. The van der Waals surface area contributed by atoms with Gasteiger partial charge in [-0.05, 0) is 48.4 Å². The first-order valence-electron chi connectivity index (χ1n) is 6.67. The van der Waals surface area contributed by atoms with Crippen LogP contribution in [0.4, 0.5) is 5.69 Å². The number of phenols is 1. The lowest BCUT2D eigenvalue weighted by Crippen LogP contribution is -2.00. The predicted octanol–water partition coefficient (Wildman–Crippen LogP) is 3.05. The lowest BCUT2D eigenvalue weighted by molar-refractivity contribution is 0.171.